The molecule has 1 saturated heterocycles. The van der Waals surface area contributed by atoms with Crippen LogP contribution in [0.25, 0.3) is 0 Å². The van der Waals surface area contributed by atoms with Gasteiger partial charge in [-0.2, -0.15) is 0 Å². The van der Waals surface area contributed by atoms with Gasteiger partial charge >= 0.3 is 0 Å². The first kappa shape index (κ1) is 22.0. The van der Waals surface area contributed by atoms with Crippen LogP contribution in [0.5, 0.6) is 0 Å². The van der Waals surface area contributed by atoms with Crippen LogP contribution in [0.15, 0.2) is 36.7 Å². The number of hydrogen-bond acceptors (Lipinski definition) is 5. The number of benzene rings is 1. The van der Waals surface area contributed by atoms with Crippen molar-refractivity contribution in [1.82, 2.24) is 30.4 Å². The molecule has 1 fully saturated rings. The lowest BCUT2D eigenvalue weighted by molar-refractivity contribution is 0.0773. The van der Waals surface area contributed by atoms with Gasteiger partial charge in [0.25, 0.3) is 11.8 Å². The number of aromatic nitrogens is 2. The Morgan fingerprint density at radius 3 is 2.73 bits per heavy atom. The Bertz CT molecular complexity index is 802. The summed E-state index contributed by atoms with van der Waals surface area (Å²) in [4.78, 5) is 36.5. The van der Waals surface area contributed by atoms with E-state index in [1.165, 1.54) is 19.3 Å². The zero-order valence-corrected chi connectivity index (χ0v) is 17.7. The average molecular weight is 413 g/mol. The van der Waals surface area contributed by atoms with E-state index >= 15 is 0 Å². The number of carbonyl (C=O) groups excluding carboxylic acids is 2. The molecule has 30 heavy (non-hydrogen) atoms. The number of nitrogens with one attached hydrogen (secondary N) is 3. The molecular weight excluding hydrogens is 380 g/mol. The van der Waals surface area contributed by atoms with Crippen molar-refractivity contribution < 1.29 is 9.59 Å². The molecule has 2 amide bonds. The molecule has 3 N–H and O–H groups in total. The molecule has 2 heterocycles. The van der Waals surface area contributed by atoms with Crippen LogP contribution in [0.1, 0.15) is 45.8 Å². The lowest BCUT2D eigenvalue weighted by Gasteiger charge is -2.28. The van der Waals surface area contributed by atoms with Crippen LogP contribution in [-0.2, 0) is 6.54 Å². The second-order valence-corrected chi connectivity index (χ2v) is 7.68. The molecule has 0 aliphatic carbocycles. The zero-order chi connectivity index (χ0) is 21.2. The standard InChI is InChI=1S/C22H32N6O2/c1-27(14-15-28-12-3-2-4-13-28)22(30)19-7-5-6-18(16-19)21(29)26-9-8-23-17-20-24-10-11-25-20/h5-7,10-11,16,23H,2-4,8-9,12-15,17H2,1H3,(H,24,25)(H,26,29). The van der Waals surface area contributed by atoms with Gasteiger partial charge in [0.05, 0.1) is 6.54 Å². The van der Waals surface area contributed by atoms with Crippen molar-refractivity contribution in [3.05, 3.63) is 53.6 Å². The fourth-order valence-corrected chi connectivity index (χ4v) is 3.56. The average Bonchev–Trinajstić information content (AvgIpc) is 3.31. The van der Waals surface area contributed by atoms with Gasteiger partial charge in [-0.25, -0.2) is 4.98 Å². The van der Waals surface area contributed by atoms with Crippen LogP contribution in [0, 0.1) is 0 Å². The van der Waals surface area contributed by atoms with E-state index in [0.717, 1.165) is 25.5 Å². The molecule has 1 aromatic carbocycles. The number of imidazole rings is 1. The summed E-state index contributed by atoms with van der Waals surface area (Å²) in [6.07, 6.45) is 7.27. The minimum atomic E-state index is -0.180. The van der Waals surface area contributed by atoms with E-state index < -0.39 is 0 Å². The molecule has 0 atom stereocenters. The number of aromatic amines is 1. The third-order valence-electron chi connectivity index (χ3n) is 5.35. The number of rotatable bonds is 10. The summed E-state index contributed by atoms with van der Waals surface area (Å²) in [5.41, 5.74) is 1.04. The van der Waals surface area contributed by atoms with Gasteiger partial charge in [-0.3, -0.25) is 9.59 Å². The van der Waals surface area contributed by atoms with E-state index in [1.807, 2.05) is 7.05 Å². The van der Waals surface area contributed by atoms with E-state index in [4.69, 9.17) is 0 Å². The predicted molar refractivity (Wildman–Crippen MR) is 116 cm³/mol. The number of carbonyl (C=O) groups is 2. The Morgan fingerprint density at radius 1 is 1.17 bits per heavy atom. The highest BCUT2D eigenvalue weighted by molar-refractivity contribution is 5.99. The third-order valence-corrected chi connectivity index (χ3v) is 5.35. The van der Waals surface area contributed by atoms with Crippen molar-refractivity contribution in [2.24, 2.45) is 0 Å². The molecule has 0 unspecified atom stereocenters. The van der Waals surface area contributed by atoms with Gasteiger partial charge in [0.2, 0.25) is 0 Å². The summed E-state index contributed by atoms with van der Waals surface area (Å²) < 4.78 is 0. The Morgan fingerprint density at radius 2 is 1.97 bits per heavy atom. The molecule has 8 heteroatoms. The maximum absolute atomic E-state index is 12.8. The molecule has 8 nitrogen and oxygen atoms in total. The molecule has 162 valence electrons. The van der Waals surface area contributed by atoms with Gasteiger partial charge in [-0.1, -0.05) is 12.5 Å². The van der Waals surface area contributed by atoms with Crippen molar-refractivity contribution in [1.29, 1.82) is 0 Å². The second kappa shape index (κ2) is 11.5. The molecule has 0 saturated carbocycles. The summed E-state index contributed by atoms with van der Waals surface area (Å²) in [6.45, 7) is 5.57. The Labute approximate surface area is 178 Å². The molecule has 3 rings (SSSR count). The topological polar surface area (TPSA) is 93.4 Å². The summed E-state index contributed by atoms with van der Waals surface area (Å²) in [7, 11) is 1.82. The highest BCUT2D eigenvalue weighted by atomic mass is 16.2. The summed E-state index contributed by atoms with van der Waals surface area (Å²) in [6, 6.07) is 6.93. The molecule has 1 aliphatic heterocycles. The number of piperidine rings is 1. The summed E-state index contributed by atoms with van der Waals surface area (Å²) >= 11 is 0. The molecule has 0 radical (unpaired) electrons. The highest BCUT2D eigenvalue weighted by Crippen LogP contribution is 2.10. The van der Waals surface area contributed by atoms with E-state index in [-0.39, 0.29) is 11.8 Å². The number of likely N-dealkylation sites (tertiary alicyclic amines) is 1. The van der Waals surface area contributed by atoms with Crippen LogP contribution < -0.4 is 10.6 Å². The van der Waals surface area contributed by atoms with Gasteiger partial charge in [0, 0.05) is 56.7 Å². The summed E-state index contributed by atoms with van der Waals surface area (Å²) in [5.74, 6) is 0.624. The smallest absolute Gasteiger partial charge is 0.253 e. The lowest BCUT2D eigenvalue weighted by Crippen LogP contribution is -2.38. The lowest BCUT2D eigenvalue weighted by atomic mass is 10.1. The normalized spacial score (nSPS) is 14.4. The first-order valence-electron chi connectivity index (χ1n) is 10.7. The van der Waals surface area contributed by atoms with Crippen LogP contribution in [0.3, 0.4) is 0 Å². The maximum atomic E-state index is 12.8. The van der Waals surface area contributed by atoms with Gasteiger partial charge in [-0.15, -0.1) is 0 Å². The number of likely N-dealkylation sites (N-methyl/N-ethyl adjacent to an activating group) is 1. The minimum Gasteiger partial charge on any atom is -0.351 e. The molecule has 0 bridgehead atoms. The van der Waals surface area contributed by atoms with E-state index in [1.54, 1.807) is 41.6 Å². The SMILES string of the molecule is CN(CCN1CCCCC1)C(=O)c1cccc(C(=O)NCCNCc2ncc[nH]2)c1. The van der Waals surface area contributed by atoms with Gasteiger partial charge in [-0.05, 0) is 44.1 Å². The molecule has 0 spiro atoms. The van der Waals surface area contributed by atoms with E-state index in [2.05, 4.69) is 25.5 Å². The van der Waals surface area contributed by atoms with Crippen LogP contribution in [-0.4, -0.2) is 77.9 Å². The second-order valence-electron chi connectivity index (χ2n) is 7.68. The van der Waals surface area contributed by atoms with Crippen molar-refractivity contribution in [3.8, 4) is 0 Å². The van der Waals surface area contributed by atoms with Crippen molar-refractivity contribution in [2.75, 3.05) is 46.3 Å². The Kier molecular flexibility index (Phi) is 8.41. The Hall–Kier alpha value is -2.71. The van der Waals surface area contributed by atoms with Crippen molar-refractivity contribution in [3.63, 3.8) is 0 Å². The van der Waals surface area contributed by atoms with Crippen LogP contribution in [0.4, 0.5) is 0 Å². The van der Waals surface area contributed by atoms with Crippen molar-refractivity contribution in [2.45, 2.75) is 25.8 Å². The molecule has 1 aromatic heterocycles. The van der Waals surface area contributed by atoms with Crippen LogP contribution in [0.2, 0.25) is 0 Å². The Balaban J connectivity index is 1.42. The number of amides is 2. The fourth-order valence-electron chi connectivity index (χ4n) is 3.56. The van der Waals surface area contributed by atoms with Gasteiger partial charge in [0.15, 0.2) is 0 Å². The van der Waals surface area contributed by atoms with E-state index in [0.29, 0.717) is 37.3 Å². The predicted octanol–water partition coefficient (Wildman–Crippen LogP) is 1.49. The number of nitrogens with zero attached hydrogens (tertiary/aromatic N) is 3. The van der Waals surface area contributed by atoms with E-state index in [9.17, 15) is 9.59 Å². The molecule has 2 aromatic rings. The monoisotopic (exact) mass is 412 g/mol. The van der Waals surface area contributed by atoms with Crippen LogP contribution >= 0.6 is 0 Å². The molecular formula is C22H32N6O2. The highest BCUT2D eigenvalue weighted by Gasteiger charge is 2.16. The van der Waals surface area contributed by atoms with Crippen molar-refractivity contribution >= 4 is 11.8 Å². The largest absolute Gasteiger partial charge is 0.351 e. The maximum Gasteiger partial charge on any atom is 0.253 e. The van der Waals surface area contributed by atoms with Gasteiger partial charge in [0.1, 0.15) is 5.82 Å². The minimum absolute atomic E-state index is 0.0539. The summed E-state index contributed by atoms with van der Waals surface area (Å²) in [5, 5.41) is 6.09. The van der Waals surface area contributed by atoms with Gasteiger partial charge < -0.3 is 25.4 Å². The zero-order valence-electron chi connectivity index (χ0n) is 17.7. The molecule has 1 aliphatic rings. The first-order chi connectivity index (χ1) is 14.6. The number of H-pyrrole nitrogens is 1. The third kappa shape index (κ3) is 6.67. The quantitative estimate of drug-likeness (QED) is 0.514. The first-order valence-corrected chi connectivity index (χ1v) is 10.7. The number of hydrogen-bond donors (Lipinski definition) is 3. The fraction of sp³-hybridized carbons (Fsp3) is 0.500.